The number of anilines is 1. The lowest BCUT2D eigenvalue weighted by Crippen LogP contribution is -2.28. The molecule has 0 atom stereocenters. The number of aromatic hydroxyl groups is 1. The summed E-state index contributed by atoms with van der Waals surface area (Å²) in [6.45, 7) is 1.47. The van der Waals surface area contributed by atoms with E-state index in [1.807, 2.05) is 41.1 Å². The zero-order chi connectivity index (χ0) is 20.4. The number of phenols is 1. The van der Waals surface area contributed by atoms with Gasteiger partial charge in [0.1, 0.15) is 5.75 Å². The summed E-state index contributed by atoms with van der Waals surface area (Å²) in [7, 11) is -3.62. The fourth-order valence-electron chi connectivity index (χ4n) is 3.62. The first-order valence-electron chi connectivity index (χ1n) is 9.62. The number of aromatic nitrogens is 1. The second kappa shape index (κ2) is 7.88. The van der Waals surface area contributed by atoms with Crippen LogP contribution < -0.4 is 5.32 Å². The van der Waals surface area contributed by atoms with Gasteiger partial charge in [0, 0.05) is 37.8 Å². The van der Waals surface area contributed by atoms with Gasteiger partial charge in [0.15, 0.2) is 0 Å². The smallest absolute Gasteiger partial charge is 0.243 e. The Morgan fingerprint density at radius 2 is 1.83 bits per heavy atom. The molecule has 1 saturated heterocycles. The first-order valence-corrected chi connectivity index (χ1v) is 11.1. The number of fused-ring (bicyclic) bond motifs is 1. The highest BCUT2D eigenvalue weighted by Gasteiger charge is 2.27. The van der Waals surface area contributed by atoms with Crippen molar-refractivity contribution in [3.63, 3.8) is 0 Å². The van der Waals surface area contributed by atoms with Crippen LogP contribution in [0.15, 0.2) is 59.6 Å². The number of para-hydroxylation sites is 1. The van der Waals surface area contributed by atoms with Crippen molar-refractivity contribution < 1.29 is 18.3 Å². The zero-order valence-corrected chi connectivity index (χ0v) is 16.7. The van der Waals surface area contributed by atoms with E-state index in [0.717, 1.165) is 23.7 Å². The van der Waals surface area contributed by atoms with E-state index in [9.17, 15) is 18.3 Å². The van der Waals surface area contributed by atoms with Crippen LogP contribution in [0.25, 0.3) is 10.9 Å². The molecule has 0 aliphatic carbocycles. The number of carbonyl (C=O) groups excluding carboxylic acids is 1. The van der Waals surface area contributed by atoms with Crippen LogP contribution in [0.2, 0.25) is 0 Å². The molecule has 1 fully saturated rings. The number of aryl methyl sites for hydroxylation is 1. The molecule has 0 spiro atoms. The molecule has 3 aromatic rings. The molecule has 29 heavy (non-hydrogen) atoms. The average molecular weight is 413 g/mol. The van der Waals surface area contributed by atoms with Crippen LogP contribution in [-0.4, -0.2) is 41.4 Å². The van der Waals surface area contributed by atoms with Gasteiger partial charge >= 0.3 is 0 Å². The standard InChI is InChI=1S/C21H23N3O4S/c25-20-8-7-17(29(27,28)24-11-3-4-12-24)15-18(20)22-21(26)10-14-23-13-9-16-5-1-2-6-19(16)23/h1-2,5-9,13,15,25H,3-4,10-12,14H2,(H,22,26). The van der Waals surface area contributed by atoms with Crippen molar-refractivity contribution in [2.24, 2.45) is 0 Å². The first-order chi connectivity index (χ1) is 13.9. The Morgan fingerprint density at radius 3 is 2.62 bits per heavy atom. The van der Waals surface area contributed by atoms with Crippen molar-refractivity contribution in [3.05, 3.63) is 54.7 Å². The zero-order valence-electron chi connectivity index (χ0n) is 15.9. The minimum atomic E-state index is -3.62. The van der Waals surface area contributed by atoms with Gasteiger partial charge in [-0.3, -0.25) is 4.79 Å². The summed E-state index contributed by atoms with van der Waals surface area (Å²) in [5, 5.41) is 13.8. The normalized spacial score (nSPS) is 15.0. The van der Waals surface area contributed by atoms with Crippen LogP contribution in [0, 0.1) is 0 Å². The molecule has 7 nitrogen and oxygen atoms in total. The number of nitrogens with zero attached hydrogens (tertiary/aromatic N) is 2. The van der Waals surface area contributed by atoms with Crippen LogP contribution in [0.3, 0.4) is 0 Å². The van der Waals surface area contributed by atoms with E-state index in [4.69, 9.17) is 0 Å². The average Bonchev–Trinajstić information content (AvgIpc) is 3.38. The number of carbonyl (C=O) groups is 1. The maximum absolute atomic E-state index is 12.7. The van der Waals surface area contributed by atoms with Crippen LogP contribution in [-0.2, 0) is 21.4 Å². The van der Waals surface area contributed by atoms with E-state index < -0.39 is 10.0 Å². The lowest BCUT2D eigenvalue weighted by atomic mass is 10.2. The molecule has 2 aromatic carbocycles. The maximum atomic E-state index is 12.7. The van der Waals surface area contributed by atoms with Gasteiger partial charge in [0.25, 0.3) is 0 Å². The molecule has 1 amide bonds. The highest BCUT2D eigenvalue weighted by Crippen LogP contribution is 2.29. The molecule has 1 aromatic heterocycles. The van der Waals surface area contributed by atoms with Gasteiger partial charge in [-0.1, -0.05) is 18.2 Å². The number of benzene rings is 2. The third-order valence-electron chi connectivity index (χ3n) is 5.20. The van der Waals surface area contributed by atoms with E-state index in [2.05, 4.69) is 5.32 Å². The molecule has 0 unspecified atom stereocenters. The lowest BCUT2D eigenvalue weighted by Gasteiger charge is -2.16. The van der Waals surface area contributed by atoms with Gasteiger partial charge in [0.2, 0.25) is 15.9 Å². The van der Waals surface area contributed by atoms with Crippen molar-refractivity contribution in [1.82, 2.24) is 8.87 Å². The molecular weight excluding hydrogens is 390 g/mol. The number of hydrogen-bond donors (Lipinski definition) is 2. The number of hydrogen-bond acceptors (Lipinski definition) is 4. The molecule has 0 saturated carbocycles. The van der Waals surface area contributed by atoms with Crippen molar-refractivity contribution >= 4 is 32.5 Å². The van der Waals surface area contributed by atoms with Gasteiger partial charge in [-0.15, -0.1) is 0 Å². The first kappa shape index (κ1) is 19.5. The number of sulfonamides is 1. The Hall–Kier alpha value is -2.84. The van der Waals surface area contributed by atoms with E-state index >= 15 is 0 Å². The fourth-order valence-corrected chi connectivity index (χ4v) is 5.17. The summed E-state index contributed by atoms with van der Waals surface area (Å²) in [6.07, 6.45) is 3.81. The van der Waals surface area contributed by atoms with Crippen molar-refractivity contribution in [1.29, 1.82) is 0 Å². The minimum absolute atomic E-state index is 0.0731. The van der Waals surface area contributed by atoms with Gasteiger partial charge in [-0.25, -0.2) is 8.42 Å². The third kappa shape index (κ3) is 3.99. The van der Waals surface area contributed by atoms with E-state index in [1.54, 1.807) is 0 Å². The van der Waals surface area contributed by atoms with Crippen LogP contribution in [0.4, 0.5) is 5.69 Å². The number of rotatable bonds is 6. The maximum Gasteiger partial charge on any atom is 0.243 e. The Bertz CT molecular complexity index is 1150. The van der Waals surface area contributed by atoms with Crippen LogP contribution in [0.5, 0.6) is 5.75 Å². The summed E-state index contributed by atoms with van der Waals surface area (Å²) in [5.41, 5.74) is 1.15. The molecule has 2 N–H and O–H groups in total. The van der Waals surface area contributed by atoms with E-state index in [1.165, 1.54) is 22.5 Å². The largest absolute Gasteiger partial charge is 0.506 e. The van der Waals surface area contributed by atoms with Crippen molar-refractivity contribution in [2.45, 2.75) is 30.7 Å². The van der Waals surface area contributed by atoms with Crippen LogP contribution in [0.1, 0.15) is 19.3 Å². The molecule has 152 valence electrons. The molecule has 0 radical (unpaired) electrons. The number of nitrogens with one attached hydrogen (secondary N) is 1. The minimum Gasteiger partial charge on any atom is -0.506 e. The van der Waals surface area contributed by atoms with Crippen molar-refractivity contribution in [3.8, 4) is 5.75 Å². The summed E-state index contributed by atoms with van der Waals surface area (Å²) < 4.78 is 28.9. The second-order valence-corrected chi connectivity index (χ2v) is 9.09. The highest BCUT2D eigenvalue weighted by molar-refractivity contribution is 7.89. The monoisotopic (exact) mass is 413 g/mol. The van der Waals surface area contributed by atoms with Gasteiger partial charge < -0.3 is 15.0 Å². The number of amides is 1. The molecule has 1 aliphatic heterocycles. The predicted octanol–water partition coefficient (Wildman–Crippen LogP) is 3.16. The highest BCUT2D eigenvalue weighted by atomic mass is 32.2. The topological polar surface area (TPSA) is 91.6 Å². The summed E-state index contributed by atoms with van der Waals surface area (Å²) in [6, 6.07) is 13.9. The lowest BCUT2D eigenvalue weighted by molar-refractivity contribution is -0.116. The quantitative estimate of drug-likeness (QED) is 0.607. The van der Waals surface area contributed by atoms with Gasteiger partial charge in [-0.2, -0.15) is 4.31 Å². The summed E-state index contributed by atoms with van der Waals surface area (Å²) in [5.74, 6) is -0.459. The molecular formula is C21H23N3O4S. The SMILES string of the molecule is O=C(CCn1ccc2ccccc21)Nc1cc(S(=O)(=O)N2CCCC2)ccc1O. The Labute approximate surface area is 169 Å². The third-order valence-corrected chi connectivity index (χ3v) is 7.10. The summed E-state index contributed by atoms with van der Waals surface area (Å²) in [4.78, 5) is 12.5. The number of phenolic OH excluding ortho intramolecular Hbond substituents is 1. The van der Waals surface area contributed by atoms with Crippen LogP contribution >= 0.6 is 0 Å². The van der Waals surface area contributed by atoms with Gasteiger partial charge in [0.05, 0.1) is 10.6 Å². The molecule has 1 aliphatic rings. The van der Waals surface area contributed by atoms with Crippen molar-refractivity contribution in [2.75, 3.05) is 18.4 Å². The molecule has 8 heteroatoms. The molecule has 2 heterocycles. The Kier molecular flexibility index (Phi) is 5.29. The second-order valence-electron chi connectivity index (χ2n) is 7.16. The van der Waals surface area contributed by atoms with E-state index in [-0.39, 0.29) is 28.7 Å². The summed E-state index contributed by atoms with van der Waals surface area (Å²) >= 11 is 0. The Morgan fingerprint density at radius 1 is 1.07 bits per heavy atom. The van der Waals surface area contributed by atoms with Gasteiger partial charge in [-0.05, 0) is 48.6 Å². The molecule has 0 bridgehead atoms. The van der Waals surface area contributed by atoms with E-state index in [0.29, 0.717) is 19.6 Å². The fraction of sp³-hybridized carbons (Fsp3) is 0.286. The Balaban J connectivity index is 1.46. The predicted molar refractivity (Wildman–Crippen MR) is 111 cm³/mol. The molecule has 4 rings (SSSR count).